The lowest BCUT2D eigenvalue weighted by Gasteiger charge is -2.29. The Hall–Kier alpha value is -3.48. The average molecular weight is 499 g/mol. The first-order valence-corrected chi connectivity index (χ1v) is 11.5. The van der Waals surface area contributed by atoms with Crippen LogP contribution in [-0.2, 0) is 14.4 Å². The number of imide groups is 1. The lowest BCUT2D eigenvalue weighted by molar-refractivity contribution is -0.126. The van der Waals surface area contributed by atoms with Crippen LogP contribution in [0, 0.1) is 5.92 Å². The van der Waals surface area contributed by atoms with Crippen LogP contribution in [0.5, 0.6) is 0 Å². The molecule has 0 aliphatic carbocycles. The van der Waals surface area contributed by atoms with E-state index in [1.807, 2.05) is 66.7 Å². The molecule has 0 spiro atoms. The van der Waals surface area contributed by atoms with Gasteiger partial charge in [0.2, 0.25) is 5.91 Å². The Morgan fingerprint density at radius 2 is 1.42 bits per heavy atom. The van der Waals surface area contributed by atoms with Crippen LogP contribution in [0.2, 0.25) is 0 Å². The van der Waals surface area contributed by atoms with Crippen molar-refractivity contribution < 1.29 is 14.4 Å². The van der Waals surface area contributed by atoms with E-state index in [2.05, 4.69) is 34.1 Å². The number of fused-ring (bicyclic) bond motifs is 2. The zero-order valence-corrected chi connectivity index (χ0v) is 19.1. The van der Waals surface area contributed by atoms with E-state index in [0.29, 0.717) is 5.69 Å². The van der Waals surface area contributed by atoms with Gasteiger partial charge >= 0.3 is 0 Å². The topological polar surface area (TPSA) is 49.9 Å². The highest BCUT2D eigenvalue weighted by atomic mass is 79.9. The number of anilines is 2. The van der Waals surface area contributed by atoms with E-state index in [9.17, 15) is 9.59 Å². The molecule has 4 aromatic rings. The maximum absolute atomic E-state index is 13.8. The van der Waals surface area contributed by atoms with E-state index in [1.54, 1.807) is 17.2 Å². The summed E-state index contributed by atoms with van der Waals surface area (Å²) >= 11 is 3.44. The molecule has 6 heteroatoms. The largest absolute Gasteiger partial charge is 0.273 e. The Balaban J connectivity index is 1.51. The quantitative estimate of drug-likeness (QED) is 0.342. The van der Waals surface area contributed by atoms with Gasteiger partial charge < -0.3 is 0 Å². The highest BCUT2D eigenvalue weighted by Gasteiger charge is 2.60. The molecule has 4 aromatic carbocycles. The third-order valence-corrected chi connectivity index (χ3v) is 6.83. The highest BCUT2D eigenvalue weighted by molar-refractivity contribution is 9.10. The molecule has 0 aromatic heterocycles. The number of halogens is 1. The first-order chi connectivity index (χ1) is 16.1. The summed E-state index contributed by atoms with van der Waals surface area (Å²) in [5.41, 5.74) is 2.31. The molecule has 6 rings (SSSR count). The summed E-state index contributed by atoms with van der Waals surface area (Å²) < 4.78 is 0.801. The molecule has 0 bridgehead atoms. The summed E-state index contributed by atoms with van der Waals surface area (Å²) in [6, 6.07) is 30.5. The predicted octanol–water partition coefficient (Wildman–Crippen LogP) is 5.65. The number of nitrogens with zero attached hydrogens (tertiary/aromatic N) is 2. The average Bonchev–Trinajstić information content (AvgIpc) is 3.35. The van der Waals surface area contributed by atoms with Crippen LogP contribution in [0.1, 0.15) is 11.6 Å². The fraction of sp³-hybridized carbons (Fsp3) is 0.111. The zero-order chi connectivity index (χ0) is 22.5. The molecule has 2 amide bonds. The molecule has 162 valence electrons. The number of benzene rings is 4. The predicted molar refractivity (Wildman–Crippen MR) is 131 cm³/mol. The number of para-hydroxylation sites is 1. The van der Waals surface area contributed by atoms with Crippen LogP contribution >= 0.6 is 15.9 Å². The van der Waals surface area contributed by atoms with Crippen molar-refractivity contribution in [3.05, 3.63) is 107 Å². The van der Waals surface area contributed by atoms with Crippen LogP contribution in [0.15, 0.2) is 102 Å². The van der Waals surface area contributed by atoms with E-state index in [1.165, 1.54) is 4.90 Å². The van der Waals surface area contributed by atoms with Crippen LogP contribution < -0.4 is 9.96 Å². The first-order valence-electron chi connectivity index (χ1n) is 10.8. The van der Waals surface area contributed by atoms with Gasteiger partial charge in [-0.15, -0.1) is 0 Å². The van der Waals surface area contributed by atoms with E-state index in [4.69, 9.17) is 4.84 Å². The van der Waals surface area contributed by atoms with Crippen molar-refractivity contribution in [1.29, 1.82) is 0 Å². The van der Waals surface area contributed by atoms with Gasteiger partial charge in [-0.2, -0.15) is 0 Å². The minimum absolute atomic E-state index is 0.250. The van der Waals surface area contributed by atoms with Crippen LogP contribution in [-0.4, -0.2) is 17.9 Å². The monoisotopic (exact) mass is 498 g/mol. The normalized spacial score (nSPS) is 22.3. The molecule has 2 fully saturated rings. The van der Waals surface area contributed by atoms with Crippen molar-refractivity contribution in [3.63, 3.8) is 0 Å². The zero-order valence-electron chi connectivity index (χ0n) is 17.5. The van der Waals surface area contributed by atoms with Gasteiger partial charge in [0.05, 0.1) is 17.4 Å². The number of amides is 2. The van der Waals surface area contributed by atoms with Gasteiger partial charge in [0.25, 0.3) is 5.91 Å². The molecule has 2 heterocycles. The standard InChI is InChI=1S/C27H19BrN2O3/c28-18-10-7-13-20(16-18)29-26(31)23-24(22-15-6-9-17-8-4-5-14-21(17)22)30(33-25(23)27(29)32)19-11-2-1-3-12-19/h1-16,23-25H/t23-,24+,25+/m0/s1. The van der Waals surface area contributed by atoms with Gasteiger partial charge in [-0.05, 0) is 46.7 Å². The van der Waals surface area contributed by atoms with Crippen molar-refractivity contribution >= 4 is 49.9 Å². The number of hydrogen-bond acceptors (Lipinski definition) is 4. The molecule has 2 aliphatic heterocycles. The van der Waals surface area contributed by atoms with Crippen molar-refractivity contribution in [3.8, 4) is 0 Å². The Morgan fingerprint density at radius 3 is 2.24 bits per heavy atom. The molecule has 3 atom stereocenters. The van der Waals surface area contributed by atoms with Crippen LogP contribution in [0.3, 0.4) is 0 Å². The second-order valence-corrected chi connectivity index (χ2v) is 9.13. The molecule has 2 aliphatic rings. The number of carbonyl (C=O) groups is 2. The van der Waals surface area contributed by atoms with Crippen molar-refractivity contribution in [2.75, 3.05) is 9.96 Å². The fourth-order valence-electron chi connectivity index (χ4n) is 4.91. The fourth-order valence-corrected chi connectivity index (χ4v) is 5.29. The van der Waals surface area contributed by atoms with Gasteiger partial charge in [-0.25, -0.2) is 9.96 Å². The summed E-state index contributed by atoms with van der Waals surface area (Å²) in [5.74, 6) is -1.26. The Labute approximate surface area is 199 Å². The number of hydrogen-bond donors (Lipinski definition) is 0. The second-order valence-electron chi connectivity index (χ2n) is 8.22. The highest BCUT2D eigenvalue weighted by Crippen LogP contribution is 2.49. The molecular formula is C27H19BrN2O3. The molecular weight excluding hydrogens is 480 g/mol. The van der Waals surface area contributed by atoms with E-state index >= 15 is 0 Å². The van der Waals surface area contributed by atoms with Gasteiger partial charge in [0.1, 0.15) is 5.92 Å². The summed E-state index contributed by atoms with van der Waals surface area (Å²) in [5, 5.41) is 3.86. The Morgan fingerprint density at radius 1 is 0.727 bits per heavy atom. The third kappa shape index (κ3) is 3.17. The number of rotatable bonds is 3. The van der Waals surface area contributed by atoms with Gasteiger partial charge in [-0.3, -0.25) is 14.4 Å². The van der Waals surface area contributed by atoms with Gasteiger partial charge in [0.15, 0.2) is 6.10 Å². The summed E-state index contributed by atoms with van der Waals surface area (Å²) in [6.07, 6.45) is -0.888. The number of hydroxylamine groups is 1. The maximum atomic E-state index is 13.8. The van der Waals surface area contributed by atoms with E-state index < -0.39 is 18.1 Å². The van der Waals surface area contributed by atoms with Crippen molar-refractivity contribution in [2.24, 2.45) is 5.92 Å². The molecule has 0 saturated carbocycles. The molecule has 0 unspecified atom stereocenters. The molecule has 2 saturated heterocycles. The third-order valence-electron chi connectivity index (χ3n) is 6.33. The van der Waals surface area contributed by atoms with E-state index in [-0.39, 0.29) is 11.8 Å². The Kier molecular flexibility index (Phi) is 4.78. The van der Waals surface area contributed by atoms with Crippen molar-refractivity contribution in [1.82, 2.24) is 0 Å². The first kappa shape index (κ1) is 20.1. The van der Waals surface area contributed by atoms with Gasteiger partial charge in [0, 0.05) is 4.47 Å². The summed E-state index contributed by atoms with van der Waals surface area (Å²) in [7, 11) is 0. The Bertz CT molecular complexity index is 1390. The lowest BCUT2D eigenvalue weighted by Crippen LogP contribution is -2.37. The van der Waals surface area contributed by atoms with E-state index in [0.717, 1.165) is 26.5 Å². The van der Waals surface area contributed by atoms with Gasteiger partial charge in [-0.1, -0.05) is 82.7 Å². The molecule has 33 heavy (non-hydrogen) atoms. The number of carbonyl (C=O) groups excluding carboxylic acids is 2. The molecule has 5 nitrogen and oxygen atoms in total. The molecule has 0 radical (unpaired) electrons. The van der Waals surface area contributed by atoms with Crippen molar-refractivity contribution in [2.45, 2.75) is 12.1 Å². The van der Waals surface area contributed by atoms with Crippen LogP contribution in [0.4, 0.5) is 11.4 Å². The second kappa shape index (κ2) is 7.83. The van der Waals surface area contributed by atoms with Crippen LogP contribution in [0.25, 0.3) is 10.8 Å². The molecule has 0 N–H and O–H groups in total. The maximum Gasteiger partial charge on any atom is 0.266 e. The summed E-state index contributed by atoms with van der Waals surface area (Å²) in [6.45, 7) is 0. The minimum atomic E-state index is -0.888. The minimum Gasteiger partial charge on any atom is -0.273 e. The lowest BCUT2D eigenvalue weighted by atomic mass is 9.87. The SMILES string of the molecule is O=C1[C@H]2[C@@H](c3cccc4ccccc34)N(c3ccccc3)O[C@H]2C(=O)N1c1cccc(Br)c1. The summed E-state index contributed by atoms with van der Waals surface area (Å²) in [4.78, 5) is 34.8. The smallest absolute Gasteiger partial charge is 0.266 e.